The van der Waals surface area contributed by atoms with Crippen LogP contribution in [0.5, 0.6) is 0 Å². The average molecular weight is 309 g/mol. The molecule has 1 aromatic carbocycles. The third kappa shape index (κ3) is 3.90. The minimum atomic E-state index is -0.251. The Morgan fingerprint density at radius 3 is 2.74 bits per heavy atom. The second-order valence-electron chi connectivity index (χ2n) is 5.90. The predicted octanol–water partition coefficient (Wildman–Crippen LogP) is 3.39. The lowest BCUT2D eigenvalue weighted by Crippen LogP contribution is -2.36. The number of dihydropyridines is 1. The number of benzene rings is 1. The van der Waals surface area contributed by atoms with Crippen LogP contribution in [0.1, 0.15) is 42.3 Å². The van der Waals surface area contributed by atoms with Crippen molar-refractivity contribution in [2.24, 2.45) is 5.73 Å². The van der Waals surface area contributed by atoms with Crippen LogP contribution in [0.25, 0.3) is 5.57 Å². The second-order valence-corrected chi connectivity index (χ2v) is 5.90. The molecule has 1 aliphatic rings. The first-order valence-corrected chi connectivity index (χ1v) is 8.18. The smallest absolute Gasteiger partial charge is 0.166 e. The molecule has 0 spiro atoms. The van der Waals surface area contributed by atoms with Gasteiger partial charge in [-0.1, -0.05) is 48.8 Å². The highest BCUT2D eigenvalue weighted by atomic mass is 16.5. The largest absolute Gasteiger partial charge is 0.372 e. The molecule has 120 valence electrons. The molecule has 4 heteroatoms. The van der Waals surface area contributed by atoms with Gasteiger partial charge in [-0.3, -0.25) is 0 Å². The molecule has 0 aliphatic carbocycles. The molecular weight excluding hydrogens is 286 g/mol. The van der Waals surface area contributed by atoms with Crippen molar-refractivity contribution in [2.75, 3.05) is 0 Å². The van der Waals surface area contributed by atoms with Crippen LogP contribution in [0.4, 0.5) is 0 Å². The lowest BCUT2D eigenvalue weighted by molar-refractivity contribution is 0.400. The van der Waals surface area contributed by atoms with E-state index in [1.165, 1.54) is 24.0 Å². The van der Waals surface area contributed by atoms with Crippen molar-refractivity contribution in [3.63, 3.8) is 0 Å². The second kappa shape index (κ2) is 7.29. The van der Waals surface area contributed by atoms with Gasteiger partial charge in [0.1, 0.15) is 6.17 Å². The van der Waals surface area contributed by atoms with Crippen LogP contribution in [0, 0.1) is 0 Å². The summed E-state index contributed by atoms with van der Waals surface area (Å²) in [5.74, 6) is 0.726. The minimum absolute atomic E-state index is 0.251. The first kappa shape index (κ1) is 15.6. The molecular formula is C19H23N3O. The SMILES string of the molecule is CCCCc1ccc(Cc2cc(C3=CC=CNC3N)on2)cc1. The van der Waals surface area contributed by atoms with Crippen LogP contribution >= 0.6 is 0 Å². The van der Waals surface area contributed by atoms with E-state index in [1.54, 1.807) is 0 Å². The van der Waals surface area contributed by atoms with Gasteiger partial charge in [-0.05, 0) is 36.2 Å². The van der Waals surface area contributed by atoms with E-state index in [0.29, 0.717) is 0 Å². The van der Waals surface area contributed by atoms with Gasteiger partial charge in [-0.15, -0.1) is 0 Å². The maximum Gasteiger partial charge on any atom is 0.166 e. The summed E-state index contributed by atoms with van der Waals surface area (Å²) in [4.78, 5) is 0. The summed E-state index contributed by atoms with van der Waals surface area (Å²) in [6.45, 7) is 2.22. The van der Waals surface area contributed by atoms with E-state index in [2.05, 4.69) is 41.7 Å². The van der Waals surface area contributed by atoms with Gasteiger partial charge in [0.15, 0.2) is 5.76 Å². The lowest BCUT2D eigenvalue weighted by atomic mass is 10.0. The van der Waals surface area contributed by atoms with Crippen LogP contribution in [-0.2, 0) is 12.8 Å². The Morgan fingerprint density at radius 1 is 1.22 bits per heavy atom. The van der Waals surface area contributed by atoms with E-state index >= 15 is 0 Å². The zero-order chi connectivity index (χ0) is 16.1. The summed E-state index contributed by atoms with van der Waals surface area (Å²) in [5.41, 5.74) is 10.5. The zero-order valence-electron chi connectivity index (χ0n) is 13.5. The normalized spacial score (nSPS) is 17.0. The number of nitrogens with zero attached hydrogens (tertiary/aromatic N) is 1. The van der Waals surface area contributed by atoms with Gasteiger partial charge in [-0.2, -0.15) is 0 Å². The fraction of sp³-hybridized carbons (Fsp3) is 0.316. The maximum atomic E-state index is 6.01. The highest BCUT2D eigenvalue weighted by Crippen LogP contribution is 2.21. The molecule has 0 bridgehead atoms. The summed E-state index contributed by atoms with van der Waals surface area (Å²) in [7, 11) is 0. The van der Waals surface area contributed by atoms with Crippen LogP contribution in [0.2, 0.25) is 0 Å². The number of nitrogens with one attached hydrogen (secondary N) is 1. The van der Waals surface area contributed by atoms with E-state index in [0.717, 1.165) is 29.9 Å². The van der Waals surface area contributed by atoms with Crippen LogP contribution < -0.4 is 11.1 Å². The molecule has 0 saturated heterocycles. The van der Waals surface area contributed by atoms with Gasteiger partial charge in [0, 0.05) is 18.1 Å². The third-order valence-corrected chi connectivity index (χ3v) is 4.05. The van der Waals surface area contributed by atoms with E-state index < -0.39 is 0 Å². The number of rotatable bonds is 6. The number of unbranched alkanes of at least 4 members (excludes halogenated alkanes) is 1. The molecule has 0 fully saturated rings. The molecule has 0 radical (unpaired) electrons. The molecule has 0 saturated carbocycles. The Labute approximate surface area is 137 Å². The van der Waals surface area contributed by atoms with Crippen molar-refractivity contribution in [1.29, 1.82) is 0 Å². The van der Waals surface area contributed by atoms with E-state index in [4.69, 9.17) is 10.3 Å². The van der Waals surface area contributed by atoms with Crippen molar-refractivity contribution in [3.05, 3.63) is 71.3 Å². The van der Waals surface area contributed by atoms with Gasteiger partial charge >= 0.3 is 0 Å². The summed E-state index contributed by atoms with van der Waals surface area (Å²) in [5, 5.41) is 7.22. The zero-order valence-corrected chi connectivity index (χ0v) is 13.5. The third-order valence-electron chi connectivity index (χ3n) is 4.05. The number of allylic oxidation sites excluding steroid dienone is 2. The van der Waals surface area contributed by atoms with Crippen molar-refractivity contribution in [2.45, 2.75) is 38.8 Å². The number of aryl methyl sites for hydroxylation is 1. The van der Waals surface area contributed by atoms with Gasteiger partial charge in [0.2, 0.25) is 0 Å². The summed E-state index contributed by atoms with van der Waals surface area (Å²) in [6.07, 6.45) is 9.82. The maximum absolute atomic E-state index is 6.01. The molecule has 2 heterocycles. The number of aromatic nitrogens is 1. The molecule has 1 atom stereocenters. The topological polar surface area (TPSA) is 64.1 Å². The lowest BCUT2D eigenvalue weighted by Gasteiger charge is -2.16. The van der Waals surface area contributed by atoms with E-state index in [1.807, 2.05) is 24.4 Å². The molecule has 4 nitrogen and oxygen atoms in total. The van der Waals surface area contributed by atoms with Gasteiger partial charge in [-0.25, -0.2) is 0 Å². The van der Waals surface area contributed by atoms with Crippen LogP contribution in [-0.4, -0.2) is 11.3 Å². The highest BCUT2D eigenvalue weighted by molar-refractivity contribution is 5.68. The highest BCUT2D eigenvalue weighted by Gasteiger charge is 2.16. The van der Waals surface area contributed by atoms with E-state index in [9.17, 15) is 0 Å². The van der Waals surface area contributed by atoms with Crippen molar-refractivity contribution < 1.29 is 4.52 Å². The van der Waals surface area contributed by atoms with Gasteiger partial charge in [0.25, 0.3) is 0 Å². The minimum Gasteiger partial charge on any atom is -0.372 e. The first-order valence-electron chi connectivity index (χ1n) is 8.18. The first-order chi connectivity index (χ1) is 11.3. The summed E-state index contributed by atoms with van der Waals surface area (Å²) < 4.78 is 5.45. The van der Waals surface area contributed by atoms with Crippen molar-refractivity contribution in [3.8, 4) is 0 Å². The quantitative estimate of drug-likeness (QED) is 0.858. The van der Waals surface area contributed by atoms with Crippen molar-refractivity contribution in [1.82, 2.24) is 10.5 Å². The Kier molecular flexibility index (Phi) is 4.93. The standard InChI is InChI=1S/C19H23N3O/c1-2-3-5-14-7-9-15(10-8-14)12-16-13-18(23-22-16)17-6-4-11-21-19(17)20/h4,6-11,13,19,21H,2-3,5,12,20H2,1H3. The summed E-state index contributed by atoms with van der Waals surface area (Å²) >= 11 is 0. The Morgan fingerprint density at radius 2 is 2.00 bits per heavy atom. The average Bonchev–Trinajstić information content (AvgIpc) is 3.03. The molecule has 2 aromatic rings. The Hall–Kier alpha value is -2.33. The Bertz CT molecular complexity index is 698. The monoisotopic (exact) mass is 309 g/mol. The van der Waals surface area contributed by atoms with Gasteiger partial charge in [0.05, 0.1) is 5.69 Å². The molecule has 3 rings (SSSR count). The molecule has 1 aromatic heterocycles. The molecule has 23 heavy (non-hydrogen) atoms. The molecule has 0 amide bonds. The fourth-order valence-electron chi connectivity index (χ4n) is 2.68. The Balaban J connectivity index is 1.67. The molecule has 1 unspecified atom stereocenters. The van der Waals surface area contributed by atoms with Crippen LogP contribution in [0.15, 0.2) is 53.2 Å². The number of hydrogen-bond donors (Lipinski definition) is 2. The van der Waals surface area contributed by atoms with Crippen LogP contribution in [0.3, 0.4) is 0 Å². The van der Waals surface area contributed by atoms with E-state index in [-0.39, 0.29) is 6.17 Å². The summed E-state index contributed by atoms with van der Waals surface area (Å²) in [6, 6.07) is 10.7. The molecule has 1 aliphatic heterocycles. The fourth-order valence-corrected chi connectivity index (χ4v) is 2.68. The molecule has 3 N–H and O–H groups in total. The number of hydrogen-bond acceptors (Lipinski definition) is 4. The predicted molar refractivity (Wildman–Crippen MR) is 92.6 cm³/mol. The van der Waals surface area contributed by atoms with Crippen molar-refractivity contribution >= 4 is 5.57 Å². The number of nitrogens with two attached hydrogens (primary N) is 1. The van der Waals surface area contributed by atoms with Gasteiger partial charge < -0.3 is 15.6 Å².